The minimum atomic E-state index is -1.43. The maximum absolute atomic E-state index is 13.4. The van der Waals surface area contributed by atoms with Crippen LogP contribution in [0.4, 0.5) is 0 Å². The average Bonchev–Trinajstić information content (AvgIpc) is 2.79. The van der Waals surface area contributed by atoms with Crippen LogP contribution in [0.5, 0.6) is 0 Å². The van der Waals surface area contributed by atoms with E-state index in [-0.39, 0.29) is 6.42 Å². The largest absolute Gasteiger partial charge is 0.249 e. The molecule has 0 aliphatic carbocycles. The van der Waals surface area contributed by atoms with Crippen molar-refractivity contribution in [3.63, 3.8) is 0 Å². The Balaban J connectivity index is 2.08. The molecule has 0 heterocycles. The summed E-state index contributed by atoms with van der Waals surface area (Å²) in [7, 11) is -1.43. The van der Waals surface area contributed by atoms with Crippen LogP contribution >= 0.6 is 0 Å². The molecule has 3 rings (SSSR count). The van der Waals surface area contributed by atoms with E-state index in [2.05, 4.69) is 18.6 Å². The lowest BCUT2D eigenvalue weighted by Gasteiger charge is -2.28. The van der Waals surface area contributed by atoms with Gasteiger partial charge in [0.2, 0.25) is 0 Å². The van der Waals surface area contributed by atoms with E-state index in [1.54, 1.807) is 0 Å². The van der Waals surface area contributed by atoms with E-state index in [4.69, 9.17) is 6.42 Å². The molecule has 2 atom stereocenters. The van der Waals surface area contributed by atoms with Crippen LogP contribution in [0.15, 0.2) is 95.2 Å². The van der Waals surface area contributed by atoms with Gasteiger partial charge in [0.15, 0.2) is 0 Å². The third-order valence-corrected chi connectivity index (χ3v) is 6.61. The number of hydrogen-bond acceptors (Lipinski definition) is 2. The van der Waals surface area contributed by atoms with Crippen molar-refractivity contribution in [2.75, 3.05) is 0 Å². The second-order valence-corrected chi connectivity index (χ2v) is 8.75. The highest BCUT2D eigenvalue weighted by Gasteiger charge is 2.36. The Bertz CT molecular complexity index is 1150. The Kier molecular flexibility index (Phi) is 6.68. The lowest BCUT2D eigenvalue weighted by atomic mass is 9.73. The van der Waals surface area contributed by atoms with Crippen LogP contribution in [0.2, 0.25) is 0 Å². The topological polar surface area (TPSA) is 40.9 Å². The summed E-state index contributed by atoms with van der Waals surface area (Å²) in [4.78, 5) is 1.31. The van der Waals surface area contributed by atoms with Gasteiger partial charge in [-0.3, -0.25) is 0 Å². The molecule has 0 spiro atoms. The van der Waals surface area contributed by atoms with Crippen molar-refractivity contribution >= 4 is 16.4 Å². The zero-order valence-corrected chi connectivity index (χ0v) is 17.8. The van der Waals surface area contributed by atoms with E-state index in [0.717, 1.165) is 16.7 Å². The highest BCUT2D eigenvalue weighted by Crippen LogP contribution is 2.40. The summed E-state index contributed by atoms with van der Waals surface area (Å²) in [6, 6.07) is 27.2. The summed E-state index contributed by atoms with van der Waals surface area (Å²) < 4.78 is 13.4. The quantitative estimate of drug-likeness (QED) is 0.446. The number of terminal acetylenes is 1. The van der Waals surface area contributed by atoms with E-state index < -0.39 is 16.2 Å². The molecule has 0 saturated carbocycles. The molecule has 0 amide bonds. The third kappa shape index (κ3) is 4.43. The highest BCUT2D eigenvalue weighted by atomic mass is 32.2. The maximum atomic E-state index is 13.4. The fourth-order valence-corrected chi connectivity index (χ4v) is 4.82. The van der Waals surface area contributed by atoms with Crippen molar-refractivity contribution in [2.45, 2.75) is 35.0 Å². The van der Waals surface area contributed by atoms with Crippen LogP contribution in [0.3, 0.4) is 0 Å². The van der Waals surface area contributed by atoms with Gasteiger partial charge in [-0.25, -0.2) is 4.21 Å². The minimum Gasteiger partial charge on any atom is -0.249 e. The molecule has 0 radical (unpaired) electrons. The number of nitrogens with zero attached hydrogens (tertiary/aromatic N) is 1. The maximum Gasteiger partial charge on any atom is 0.0982 e. The first kappa shape index (κ1) is 21.3. The van der Waals surface area contributed by atoms with Crippen LogP contribution in [0, 0.1) is 30.6 Å². The van der Waals surface area contributed by atoms with Gasteiger partial charge in [-0.1, -0.05) is 72.8 Å². The monoisotopic (exact) mass is 409 g/mol. The molecular weight excluding hydrogens is 386 g/mol. The summed E-state index contributed by atoms with van der Waals surface area (Å²) in [6.45, 7) is 6.20. The lowest BCUT2D eigenvalue weighted by molar-refractivity contribution is 0.569. The first-order valence-corrected chi connectivity index (χ1v) is 10.8. The third-order valence-electron chi connectivity index (χ3n) is 5.15. The van der Waals surface area contributed by atoms with E-state index in [1.807, 2.05) is 85.8 Å². The van der Waals surface area contributed by atoms with Crippen LogP contribution in [-0.2, 0) is 16.2 Å². The van der Waals surface area contributed by atoms with Crippen LogP contribution in [0.25, 0.3) is 5.57 Å². The summed E-state index contributed by atoms with van der Waals surface area (Å²) in [6.07, 6.45) is 6.26. The molecule has 148 valence electrons. The molecule has 3 aromatic carbocycles. The Morgan fingerprint density at radius 3 is 2.30 bits per heavy atom. The molecule has 0 saturated heterocycles. The van der Waals surface area contributed by atoms with Crippen LogP contribution in [0.1, 0.15) is 29.5 Å². The van der Waals surface area contributed by atoms with Gasteiger partial charge in [0.1, 0.15) is 0 Å². The molecule has 3 heteroatoms. The Morgan fingerprint density at radius 2 is 1.67 bits per heavy atom. The van der Waals surface area contributed by atoms with E-state index in [1.165, 1.54) is 0 Å². The number of nitriles is 1. The smallest absolute Gasteiger partial charge is 0.0982 e. The van der Waals surface area contributed by atoms with Gasteiger partial charge in [-0.05, 0) is 48.2 Å². The van der Waals surface area contributed by atoms with Crippen molar-refractivity contribution in [2.24, 2.45) is 0 Å². The van der Waals surface area contributed by atoms with Gasteiger partial charge in [0.05, 0.1) is 22.3 Å². The predicted molar refractivity (Wildman–Crippen MR) is 123 cm³/mol. The number of allylic oxidation sites excluding steroid dienone is 1. The fourth-order valence-electron chi connectivity index (χ4n) is 3.52. The van der Waals surface area contributed by atoms with Gasteiger partial charge in [-0.15, -0.1) is 12.3 Å². The Hall–Kier alpha value is -3.40. The van der Waals surface area contributed by atoms with Crippen molar-refractivity contribution < 1.29 is 4.21 Å². The molecule has 30 heavy (non-hydrogen) atoms. The van der Waals surface area contributed by atoms with Crippen LogP contribution in [-0.4, -0.2) is 4.21 Å². The van der Waals surface area contributed by atoms with E-state index >= 15 is 0 Å². The second-order valence-electron chi connectivity index (χ2n) is 7.30. The summed E-state index contributed by atoms with van der Waals surface area (Å²) >= 11 is 0. The van der Waals surface area contributed by atoms with Crippen LogP contribution < -0.4 is 0 Å². The Morgan fingerprint density at radius 1 is 1.03 bits per heavy atom. The average molecular weight is 410 g/mol. The molecule has 0 aliphatic rings. The molecule has 0 N–H and O–H groups in total. The van der Waals surface area contributed by atoms with Gasteiger partial charge in [0, 0.05) is 16.2 Å². The van der Waals surface area contributed by atoms with Crippen molar-refractivity contribution in [1.29, 1.82) is 5.26 Å². The first-order valence-electron chi connectivity index (χ1n) is 9.66. The number of benzene rings is 3. The van der Waals surface area contributed by atoms with Crippen molar-refractivity contribution in [1.82, 2.24) is 0 Å². The van der Waals surface area contributed by atoms with Gasteiger partial charge < -0.3 is 0 Å². The lowest BCUT2D eigenvalue weighted by Crippen LogP contribution is -2.26. The SMILES string of the molecule is C#CC[C@@](C#N)(CC(=C)c1ccccc1)c1ccccc1S(=O)c1ccc(C)cc1. The van der Waals surface area contributed by atoms with E-state index in [9.17, 15) is 9.47 Å². The van der Waals surface area contributed by atoms with Crippen molar-refractivity contribution in [3.05, 3.63) is 102 Å². The van der Waals surface area contributed by atoms with Gasteiger partial charge in [-0.2, -0.15) is 5.26 Å². The van der Waals surface area contributed by atoms with Crippen molar-refractivity contribution in [3.8, 4) is 18.4 Å². The molecular formula is C27H23NOS. The standard InChI is InChI=1S/C27H23NOS/c1-4-18-27(20-28,19-22(3)23-10-6-5-7-11-23)25-12-8-9-13-26(25)30(29)24-16-14-21(2)15-17-24/h1,5-17H,3,18-19H2,2H3/t27-,30?/m0/s1. The molecule has 0 bridgehead atoms. The molecule has 0 aliphatic heterocycles. The minimum absolute atomic E-state index is 0.206. The number of hydrogen-bond donors (Lipinski definition) is 0. The number of rotatable bonds is 7. The zero-order chi connectivity index (χ0) is 21.6. The molecule has 0 fully saturated rings. The second kappa shape index (κ2) is 9.40. The van der Waals surface area contributed by atoms with Gasteiger partial charge >= 0.3 is 0 Å². The Labute approximate surface area is 181 Å². The first-order chi connectivity index (χ1) is 14.5. The summed E-state index contributed by atoms with van der Waals surface area (Å²) in [5.74, 6) is 2.67. The van der Waals surface area contributed by atoms with Gasteiger partial charge in [0.25, 0.3) is 0 Å². The summed E-state index contributed by atoms with van der Waals surface area (Å²) in [5, 5.41) is 10.3. The highest BCUT2D eigenvalue weighted by molar-refractivity contribution is 7.85. The van der Waals surface area contributed by atoms with E-state index in [0.29, 0.717) is 21.8 Å². The zero-order valence-electron chi connectivity index (χ0n) is 17.0. The molecule has 0 aromatic heterocycles. The molecule has 3 aromatic rings. The molecule has 1 unspecified atom stereocenters. The molecule has 2 nitrogen and oxygen atoms in total. The summed E-state index contributed by atoms with van der Waals surface area (Å²) in [5.41, 5.74) is 2.57. The number of aryl methyl sites for hydroxylation is 1. The normalized spacial score (nSPS) is 13.4. The predicted octanol–water partition coefficient (Wildman–Crippen LogP) is 6.05. The fraction of sp³-hybridized carbons (Fsp3) is 0.148.